The van der Waals surface area contributed by atoms with Crippen LogP contribution in [0, 0.1) is 5.41 Å². The normalized spacial score (nSPS) is 14.6. The fourth-order valence-corrected chi connectivity index (χ4v) is 2.94. The Bertz CT molecular complexity index is 260. The standard InChI is InChI=1S/C9H21NO2S/c1-8(2,3)7-9(4,5)10-13(6,11)12/h10H,7H2,1-6H3. The second-order valence-corrected chi connectivity index (χ2v) is 7.24. The number of rotatable bonds is 3. The number of nitrogens with one attached hydrogen (secondary N) is 1. The summed E-state index contributed by atoms with van der Waals surface area (Å²) in [6.07, 6.45) is 2.00. The third kappa shape index (κ3) is 8.25. The number of hydrogen-bond acceptors (Lipinski definition) is 2. The Labute approximate surface area is 82.0 Å². The van der Waals surface area contributed by atoms with Gasteiger partial charge in [0.15, 0.2) is 0 Å². The molecule has 0 bridgehead atoms. The Kier molecular flexibility index (Phi) is 3.55. The molecule has 0 aliphatic rings. The van der Waals surface area contributed by atoms with Crippen molar-refractivity contribution >= 4 is 10.0 Å². The zero-order chi connectivity index (χ0) is 10.9. The van der Waals surface area contributed by atoms with Crippen LogP contribution in [0.3, 0.4) is 0 Å². The Balaban J connectivity index is 4.43. The van der Waals surface area contributed by atoms with Crippen LogP contribution in [0.2, 0.25) is 0 Å². The average molecular weight is 207 g/mol. The van der Waals surface area contributed by atoms with E-state index in [2.05, 4.69) is 25.5 Å². The maximum Gasteiger partial charge on any atom is 0.209 e. The molecule has 0 unspecified atom stereocenters. The van der Waals surface area contributed by atoms with Gasteiger partial charge in [-0.2, -0.15) is 0 Å². The molecule has 13 heavy (non-hydrogen) atoms. The Morgan fingerprint density at radius 2 is 1.46 bits per heavy atom. The van der Waals surface area contributed by atoms with Gasteiger partial charge in [0.05, 0.1) is 6.26 Å². The highest BCUT2D eigenvalue weighted by Gasteiger charge is 2.27. The van der Waals surface area contributed by atoms with E-state index in [1.807, 2.05) is 13.8 Å². The van der Waals surface area contributed by atoms with Crippen molar-refractivity contribution in [3.8, 4) is 0 Å². The molecule has 0 radical (unpaired) electrons. The van der Waals surface area contributed by atoms with Crippen LogP contribution in [0.15, 0.2) is 0 Å². The minimum absolute atomic E-state index is 0.126. The van der Waals surface area contributed by atoms with Gasteiger partial charge in [-0.25, -0.2) is 13.1 Å². The second kappa shape index (κ2) is 3.58. The first kappa shape index (κ1) is 12.9. The Morgan fingerprint density at radius 3 is 1.69 bits per heavy atom. The van der Waals surface area contributed by atoms with E-state index in [0.717, 1.165) is 6.42 Å². The topological polar surface area (TPSA) is 46.2 Å². The van der Waals surface area contributed by atoms with Crippen LogP contribution in [0.25, 0.3) is 0 Å². The molecule has 0 aromatic carbocycles. The fraction of sp³-hybridized carbons (Fsp3) is 1.00. The van der Waals surface area contributed by atoms with Gasteiger partial charge in [-0.15, -0.1) is 0 Å². The van der Waals surface area contributed by atoms with Gasteiger partial charge >= 0.3 is 0 Å². The van der Waals surface area contributed by atoms with Crippen molar-refractivity contribution in [2.75, 3.05) is 6.26 Å². The molecule has 3 nitrogen and oxygen atoms in total. The van der Waals surface area contributed by atoms with Gasteiger partial charge in [0.25, 0.3) is 0 Å². The van der Waals surface area contributed by atoms with E-state index < -0.39 is 10.0 Å². The zero-order valence-electron chi connectivity index (χ0n) is 9.43. The zero-order valence-corrected chi connectivity index (χ0v) is 10.2. The van der Waals surface area contributed by atoms with Crippen LogP contribution in [0.4, 0.5) is 0 Å². The van der Waals surface area contributed by atoms with E-state index >= 15 is 0 Å². The molecular weight excluding hydrogens is 186 g/mol. The van der Waals surface area contributed by atoms with Crippen molar-refractivity contribution in [2.45, 2.75) is 46.6 Å². The van der Waals surface area contributed by atoms with Crippen molar-refractivity contribution in [3.63, 3.8) is 0 Å². The summed E-state index contributed by atoms with van der Waals surface area (Å²) in [6, 6.07) is 0. The summed E-state index contributed by atoms with van der Waals surface area (Å²) >= 11 is 0. The first-order valence-electron chi connectivity index (χ1n) is 4.40. The Morgan fingerprint density at radius 1 is 1.08 bits per heavy atom. The summed E-state index contributed by atoms with van der Waals surface area (Å²) in [5.41, 5.74) is -0.243. The number of sulfonamides is 1. The monoisotopic (exact) mass is 207 g/mol. The highest BCUT2D eigenvalue weighted by molar-refractivity contribution is 7.88. The summed E-state index contributed by atoms with van der Waals surface area (Å²) < 4.78 is 24.7. The molecule has 0 aliphatic carbocycles. The average Bonchev–Trinajstić information content (AvgIpc) is 1.43. The van der Waals surface area contributed by atoms with Crippen molar-refractivity contribution in [1.29, 1.82) is 0 Å². The molecule has 4 heteroatoms. The van der Waals surface area contributed by atoms with Gasteiger partial charge in [0.2, 0.25) is 10.0 Å². The summed E-state index contributed by atoms with van der Waals surface area (Å²) in [7, 11) is -3.10. The van der Waals surface area contributed by atoms with E-state index in [4.69, 9.17) is 0 Å². The third-order valence-corrected chi connectivity index (χ3v) is 2.36. The van der Waals surface area contributed by atoms with Gasteiger partial charge < -0.3 is 0 Å². The van der Waals surface area contributed by atoms with Crippen LogP contribution in [-0.2, 0) is 10.0 Å². The van der Waals surface area contributed by atoms with E-state index in [9.17, 15) is 8.42 Å². The lowest BCUT2D eigenvalue weighted by atomic mass is 9.82. The summed E-state index contributed by atoms with van der Waals surface area (Å²) in [4.78, 5) is 0. The predicted molar refractivity (Wildman–Crippen MR) is 56.1 cm³/mol. The molecule has 1 N–H and O–H groups in total. The maximum atomic E-state index is 11.0. The van der Waals surface area contributed by atoms with Gasteiger partial charge in [-0.05, 0) is 25.7 Å². The van der Waals surface area contributed by atoms with Crippen molar-refractivity contribution in [3.05, 3.63) is 0 Å². The smallest absolute Gasteiger partial charge is 0.209 e. The second-order valence-electron chi connectivity index (χ2n) is 5.50. The maximum absolute atomic E-state index is 11.0. The molecule has 0 saturated carbocycles. The highest BCUT2D eigenvalue weighted by atomic mass is 32.2. The van der Waals surface area contributed by atoms with Gasteiger partial charge in [0, 0.05) is 5.54 Å². The molecule has 0 aromatic rings. The van der Waals surface area contributed by atoms with Crippen LogP contribution in [-0.4, -0.2) is 20.2 Å². The molecule has 80 valence electrons. The molecule has 0 amide bonds. The first-order valence-corrected chi connectivity index (χ1v) is 6.29. The lowest BCUT2D eigenvalue weighted by Crippen LogP contribution is -2.45. The van der Waals surface area contributed by atoms with Crippen LogP contribution >= 0.6 is 0 Å². The summed E-state index contributed by atoms with van der Waals surface area (Å²) in [6.45, 7) is 10.1. The first-order chi connectivity index (χ1) is 5.41. The third-order valence-electron chi connectivity index (χ3n) is 1.43. The SMILES string of the molecule is CC(C)(C)CC(C)(C)NS(C)(=O)=O. The van der Waals surface area contributed by atoms with Gasteiger partial charge in [-0.1, -0.05) is 20.8 Å². The summed E-state index contributed by atoms with van der Waals surface area (Å²) in [5, 5.41) is 0. The van der Waals surface area contributed by atoms with E-state index in [1.54, 1.807) is 0 Å². The lowest BCUT2D eigenvalue weighted by Gasteiger charge is -2.32. The molecule has 0 atom stereocenters. The molecule has 0 aliphatic heterocycles. The van der Waals surface area contributed by atoms with Crippen LogP contribution in [0.5, 0.6) is 0 Å². The summed E-state index contributed by atoms with van der Waals surface area (Å²) in [5.74, 6) is 0. The van der Waals surface area contributed by atoms with Crippen LogP contribution < -0.4 is 4.72 Å². The van der Waals surface area contributed by atoms with E-state index in [0.29, 0.717) is 0 Å². The predicted octanol–water partition coefficient (Wildman–Crippen LogP) is 1.75. The molecule has 0 saturated heterocycles. The Hall–Kier alpha value is -0.0900. The molecule has 0 aromatic heterocycles. The van der Waals surface area contributed by atoms with E-state index in [1.165, 1.54) is 6.26 Å². The quantitative estimate of drug-likeness (QED) is 0.766. The van der Waals surface area contributed by atoms with Crippen LogP contribution in [0.1, 0.15) is 41.0 Å². The molecule has 0 spiro atoms. The minimum Gasteiger partial charge on any atom is -0.213 e. The number of hydrogen-bond donors (Lipinski definition) is 1. The van der Waals surface area contributed by atoms with Gasteiger partial charge in [-0.3, -0.25) is 0 Å². The lowest BCUT2D eigenvalue weighted by molar-refractivity contribution is 0.270. The molecule has 0 rings (SSSR count). The molecular formula is C9H21NO2S. The van der Waals surface area contributed by atoms with E-state index in [-0.39, 0.29) is 11.0 Å². The minimum atomic E-state index is -3.10. The largest absolute Gasteiger partial charge is 0.213 e. The van der Waals surface area contributed by atoms with Crippen molar-refractivity contribution in [2.24, 2.45) is 5.41 Å². The molecule has 0 heterocycles. The van der Waals surface area contributed by atoms with Gasteiger partial charge in [0.1, 0.15) is 0 Å². The molecule has 0 fully saturated rings. The highest BCUT2D eigenvalue weighted by Crippen LogP contribution is 2.26. The fourth-order valence-electron chi connectivity index (χ4n) is 1.86. The van der Waals surface area contributed by atoms with Crippen molar-refractivity contribution < 1.29 is 8.42 Å². The van der Waals surface area contributed by atoms with Crippen molar-refractivity contribution in [1.82, 2.24) is 4.72 Å².